The summed E-state index contributed by atoms with van der Waals surface area (Å²) in [4.78, 5) is 15.0. The summed E-state index contributed by atoms with van der Waals surface area (Å²) in [6.07, 6.45) is 5.67. The second-order valence-electron chi connectivity index (χ2n) is 6.80. The van der Waals surface area contributed by atoms with E-state index < -0.39 is 0 Å². The standard InChI is InChI=1S/C20H23N5O3S/c1-27-16-8-7-15(12-17(16)28-2)21-18(26)14-6-5-11-25(13-14)20-23-22-19(29-20)24-9-3-4-10-24/h3-4,7-10,12,14H,5-6,11,13H2,1-2H3,(H,21,26). The predicted molar refractivity (Wildman–Crippen MR) is 112 cm³/mol. The van der Waals surface area contributed by atoms with Crippen molar-refractivity contribution in [2.75, 3.05) is 37.5 Å². The van der Waals surface area contributed by atoms with Crippen LogP contribution < -0.4 is 19.7 Å². The summed E-state index contributed by atoms with van der Waals surface area (Å²) in [6.45, 7) is 1.50. The molecule has 152 valence electrons. The van der Waals surface area contributed by atoms with Crippen molar-refractivity contribution in [1.82, 2.24) is 14.8 Å². The smallest absolute Gasteiger partial charge is 0.229 e. The van der Waals surface area contributed by atoms with E-state index in [0.29, 0.717) is 23.7 Å². The van der Waals surface area contributed by atoms with Crippen molar-refractivity contribution in [3.8, 4) is 16.6 Å². The van der Waals surface area contributed by atoms with E-state index in [9.17, 15) is 4.79 Å². The zero-order valence-electron chi connectivity index (χ0n) is 16.4. The van der Waals surface area contributed by atoms with Gasteiger partial charge in [-0.25, -0.2) is 0 Å². The second kappa shape index (κ2) is 8.52. The molecule has 1 aliphatic rings. The molecule has 29 heavy (non-hydrogen) atoms. The summed E-state index contributed by atoms with van der Waals surface area (Å²) in [7, 11) is 3.16. The van der Waals surface area contributed by atoms with Crippen LogP contribution in [0.1, 0.15) is 12.8 Å². The molecule has 1 unspecified atom stereocenters. The summed E-state index contributed by atoms with van der Waals surface area (Å²) < 4.78 is 12.5. The minimum absolute atomic E-state index is 0.00271. The molecule has 8 nitrogen and oxygen atoms in total. The van der Waals surface area contributed by atoms with E-state index in [0.717, 1.165) is 29.6 Å². The molecule has 1 N–H and O–H groups in total. The third-order valence-corrected chi connectivity index (χ3v) is 5.94. The number of benzene rings is 1. The van der Waals surface area contributed by atoms with Crippen LogP contribution in [0.5, 0.6) is 11.5 Å². The molecule has 2 aromatic heterocycles. The normalized spacial score (nSPS) is 16.5. The van der Waals surface area contributed by atoms with Crippen molar-refractivity contribution in [3.05, 3.63) is 42.7 Å². The van der Waals surface area contributed by atoms with Gasteiger partial charge in [0.05, 0.1) is 20.1 Å². The van der Waals surface area contributed by atoms with Crippen molar-refractivity contribution in [2.24, 2.45) is 5.92 Å². The molecule has 1 atom stereocenters. The molecule has 9 heteroatoms. The minimum Gasteiger partial charge on any atom is -0.493 e. The van der Waals surface area contributed by atoms with Crippen molar-refractivity contribution >= 4 is 28.1 Å². The fourth-order valence-corrected chi connectivity index (χ4v) is 4.27. The van der Waals surface area contributed by atoms with Gasteiger partial charge in [0.2, 0.25) is 16.2 Å². The first-order chi connectivity index (χ1) is 14.2. The highest BCUT2D eigenvalue weighted by molar-refractivity contribution is 7.17. The highest BCUT2D eigenvalue weighted by atomic mass is 32.1. The van der Waals surface area contributed by atoms with Crippen LogP contribution in [0.25, 0.3) is 5.13 Å². The number of rotatable bonds is 6. The summed E-state index contributed by atoms with van der Waals surface area (Å²) in [5.74, 6) is 1.10. The summed E-state index contributed by atoms with van der Waals surface area (Å²) in [5.41, 5.74) is 0.690. The Labute approximate surface area is 173 Å². The molecule has 1 fully saturated rings. The maximum atomic E-state index is 12.8. The third kappa shape index (κ3) is 4.19. The van der Waals surface area contributed by atoms with Crippen molar-refractivity contribution in [3.63, 3.8) is 0 Å². The molecule has 4 rings (SSSR count). The molecule has 0 spiro atoms. The van der Waals surface area contributed by atoms with Crippen molar-refractivity contribution in [1.29, 1.82) is 0 Å². The highest BCUT2D eigenvalue weighted by Gasteiger charge is 2.28. The Morgan fingerprint density at radius 1 is 1.14 bits per heavy atom. The number of piperidine rings is 1. The second-order valence-corrected chi connectivity index (χ2v) is 7.74. The Balaban J connectivity index is 1.42. The number of carbonyl (C=O) groups is 1. The lowest BCUT2D eigenvalue weighted by Gasteiger charge is -2.31. The molecule has 1 aromatic carbocycles. The van der Waals surface area contributed by atoms with Gasteiger partial charge in [-0.3, -0.25) is 9.36 Å². The first-order valence-electron chi connectivity index (χ1n) is 9.42. The van der Waals surface area contributed by atoms with Crippen LogP contribution in [-0.4, -0.2) is 48.0 Å². The molecule has 0 bridgehead atoms. The predicted octanol–water partition coefficient (Wildman–Crippen LogP) is 3.20. The van der Waals surface area contributed by atoms with Gasteiger partial charge in [0.25, 0.3) is 0 Å². The Morgan fingerprint density at radius 2 is 1.90 bits per heavy atom. The van der Waals surface area contributed by atoms with Gasteiger partial charge >= 0.3 is 0 Å². The van der Waals surface area contributed by atoms with E-state index in [1.807, 2.05) is 35.2 Å². The van der Waals surface area contributed by atoms with E-state index in [4.69, 9.17) is 9.47 Å². The van der Waals surface area contributed by atoms with Crippen LogP contribution in [-0.2, 0) is 4.79 Å². The van der Waals surface area contributed by atoms with Gasteiger partial charge < -0.3 is 19.7 Å². The van der Waals surface area contributed by atoms with E-state index in [2.05, 4.69) is 20.4 Å². The summed E-state index contributed by atoms with van der Waals surface area (Å²) >= 11 is 1.53. The van der Waals surface area contributed by atoms with Gasteiger partial charge in [-0.2, -0.15) is 0 Å². The molecule has 3 heterocycles. The number of nitrogens with one attached hydrogen (secondary N) is 1. The average Bonchev–Trinajstić information content (AvgIpc) is 3.45. The number of nitrogens with zero attached hydrogens (tertiary/aromatic N) is 4. The lowest BCUT2D eigenvalue weighted by molar-refractivity contribution is -0.120. The summed E-state index contributed by atoms with van der Waals surface area (Å²) in [5, 5.41) is 13.3. The molecule has 0 radical (unpaired) electrons. The van der Waals surface area contributed by atoms with Crippen LogP contribution in [0.15, 0.2) is 42.7 Å². The van der Waals surface area contributed by atoms with Crippen LogP contribution in [0.3, 0.4) is 0 Å². The Bertz CT molecular complexity index is 972. The lowest BCUT2D eigenvalue weighted by Crippen LogP contribution is -2.40. The third-order valence-electron chi connectivity index (χ3n) is 4.94. The largest absolute Gasteiger partial charge is 0.493 e. The number of anilines is 2. The van der Waals surface area contributed by atoms with Gasteiger partial charge in [-0.05, 0) is 37.1 Å². The maximum absolute atomic E-state index is 12.8. The lowest BCUT2D eigenvalue weighted by atomic mass is 9.97. The molecular formula is C20H23N5O3S. The number of carbonyl (C=O) groups excluding carboxylic acids is 1. The number of hydrogen-bond donors (Lipinski definition) is 1. The van der Waals surface area contributed by atoms with Gasteiger partial charge in [-0.1, -0.05) is 11.3 Å². The topological polar surface area (TPSA) is 81.5 Å². The van der Waals surface area contributed by atoms with Gasteiger partial charge in [0, 0.05) is 37.2 Å². The maximum Gasteiger partial charge on any atom is 0.229 e. The monoisotopic (exact) mass is 413 g/mol. The van der Waals surface area contributed by atoms with Crippen LogP contribution in [0.2, 0.25) is 0 Å². The number of aromatic nitrogens is 3. The zero-order valence-corrected chi connectivity index (χ0v) is 17.2. The quantitative estimate of drug-likeness (QED) is 0.668. The number of methoxy groups -OCH3 is 2. The molecule has 1 aliphatic heterocycles. The molecule has 1 saturated heterocycles. The SMILES string of the molecule is COc1ccc(NC(=O)C2CCCN(c3nnc(-n4cccc4)s3)C2)cc1OC. The molecule has 3 aromatic rings. The van der Waals surface area contributed by atoms with E-state index in [1.165, 1.54) is 11.3 Å². The van der Waals surface area contributed by atoms with E-state index in [-0.39, 0.29) is 11.8 Å². The fourth-order valence-electron chi connectivity index (χ4n) is 3.43. The van der Waals surface area contributed by atoms with Gasteiger partial charge in [-0.15, -0.1) is 10.2 Å². The first kappa shape index (κ1) is 19.3. The van der Waals surface area contributed by atoms with Crippen molar-refractivity contribution < 1.29 is 14.3 Å². The number of amides is 1. The molecular weight excluding hydrogens is 390 g/mol. The minimum atomic E-state index is -0.115. The van der Waals surface area contributed by atoms with Crippen LogP contribution in [0.4, 0.5) is 10.8 Å². The highest BCUT2D eigenvalue weighted by Crippen LogP contribution is 2.31. The fraction of sp³-hybridized carbons (Fsp3) is 0.350. The van der Waals surface area contributed by atoms with Crippen LogP contribution in [0, 0.1) is 5.92 Å². The number of ether oxygens (including phenoxy) is 2. The van der Waals surface area contributed by atoms with Crippen LogP contribution >= 0.6 is 11.3 Å². The van der Waals surface area contributed by atoms with E-state index >= 15 is 0 Å². The van der Waals surface area contributed by atoms with E-state index in [1.54, 1.807) is 26.4 Å². The average molecular weight is 414 g/mol. The molecule has 1 amide bonds. The Kier molecular flexibility index (Phi) is 5.66. The zero-order chi connectivity index (χ0) is 20.2. The Hall–Kier alpha value is -3.07. The van der Waals surface area contributed by atoms with Gasteiger partial charge in [0.1, 0.15) is 0 Å². The summed E-state index contributed by atoms with van der Waals surface area (Å²) in [6, 6.07) is 9.28. The van der Waals surface area contributed by atoms with Gasteiger partial charge in [0.15, 0.2) is 11.5 Å². The molecule has 0 aliphatic carbocycles. The number of hydrogen-bond acceptors (Lipinski definition) is 7. The first-order valence-corrected chi connectivity index (χ1v) is 10.2. The van der Waals surface area contributed by atoms with Crippen molar-refractivity contribution in [2.45, 2.75) is 12.8 Å². The Morgan fingerprint density at radius 3 is 2.66 bits per heavy atom. The molecule has 0 saturated carbocycles.